The van der Waals surface area contributed by atoms with E-state index >= 15 is 0 Å². The van der Waals surface area contributed by atoms with Gasteiger partial charge in [-0.3, -0.25) is 4.90 Å². The predicted octanol–water partition coefficient (Wildman–Crippen LogP) is 3.70. The van der Waals surface area contributed by atoms with E-state index in [1.807, 2.05) is 12.1 Å². The van der Waals surface area contributed by atoms with Crippen molar-refractivity contribution in [2.75, 3.05) is 20.2 Å². The molecule has 0 radical (unpaired) electrons. The average Bonchev–Trinajstić information content (AvgIpc) is 2.62. The number of hydrogen-bond donors (Lipinski definition) is 0. The smallest absolute Gasteiger partial charge is 0.233 e. The van der Waals surface area contributed by atoms with Crippen LogP contribution in [0.4, 0.5) is 0 Å². The summed E-state index contributed by atoms with van der Waals surface area (Å²) in [6.45, 7) is 4.73. The first-order chi connectivity index (χ1) is 10.8. The molecule has 0 aliphatic carbocycles. The van der Waals surface area contributed by atoms with Gasteiger partial charge in [0.2, 0.25) is 5.88 Å². The van der Waals surface area contributed by atoms with Gasteiger partial charge in [0.1, 0.15) is 0 Å². The Morgan fingerprint density at radius 3 is 2.27 bits per heavy atom. The highest BCUT2D eigenvalue weighted by Crippen LogP contribution is 2.26. The van der Waals surface area contributed by atoms with E-state index in [2.05, 4.69) is 46.3 Å². The van der Waals surface area contributed by atoms with Crippen LogP contribution in [-0.2, 0) is 0 Å². The number of likely N-dealkylation sites (tertiary alicyclic amines) is 1. The van der Waals surface area contributed by atoms with Crippen molar-refractivity contribution in [2.45, 2.75) is 32.2 Å². The standard InChI is InChI=1S/C18H23N3O/c1-14(21-12-4-3-5-13-21)15-6-8-16(9-7-15)17-10-11-18(22-2)20-19-17/h6-11,14H,3-5,12-13H2,1-2H3/t14-/m0/s1. The fourth-order valence-electron chi connectivity index (χ4n) is 3.03. The van der Waals surface area contributed by atoms with Gasteiger partial charge in [-0.15, -0.1) is 10.2 Å². The van der Waals surface area contributed by atoms with Crippen molar-refractivity contribution in [3.05, 3.63) is 42.0 Å². The van der Waals surface area contributed by atoms with Crippen LogP contribution in [-0.4, -0.2) is 35.3 Å². The van der Waals surface area contributed by atoms with Gasteiger partial charge in [-0.05, 0) is 44.5 Å². The molecule has 0 N–H and O–H groups in total. The van der Waals surface area contributed by atoms with E-state index in [4.69, 9.17) is 4.74 Å². The maximum absolute atomic E-state index is 5.04. The summed E-state index contributed by atoms with van der Waals surface area (Å²) < 4.78 is 5.04. The summed E-state index contributed by atoms with van der Waals surface area (Å²) in [5.74, 6) is 0.541. The Kier molecular flexibility index (Phi) is 4.68. The van der Waals surface area contributed by atoms with Crippen molar-refractivity contribution in [3.8, 4) is 17.1 Å². The Morgan fingerprint density at radius 2 is 1.68 bits per heavy atom. The summed E-state index contributed by atoms with van der Waals surface area (Å²) in [6, 6.07) is 12.9. The number of aromatic nitrogens is 2. The summed E-state index contributed by atoms with van der Waals surface area (Å²) in [5.41, 5.74) is 3.33. The van der Waals surface area contributed by atoms with Crippen molar-refractivity contribution in [1.29, 1.82) is 0 Å². The Hall–Kier alpha value is -1.94. The molecule has 22 heavy (non-hydrogen) atoms. The highest BCUT2D eigenvalue weighted by molar-refractivity contribution is 5.59. The Bertz CT molecular complexity index is 589. The minimum atomic E-state index is 0.483. The van der Waals surface area contributed by atoms with Gasteiger partial charge < -0.3 is 4.74 Å². The highest BCUT2D eigenvalue weighted by Gasteiger charge is 2.18. The SMILES string of the molecule is COc1ccc(-c2ccc([C@H](C)N3CCCCC3)cc2)nn1. The summed E-state index contributed by atoms with van der Waals surface area (Å²) in [6.07, 6.45) is 4.02. The number of hydrogen-bond acceptors (Lipinski definition) is 4. The first kappa shape index (κ1) is 15.0. The largest absolute Gasteiger partial charge is 0.480 e. The lowest BCUT2D eigenvalue weighted by Crippen LogP contribution is -2.32. The zero-order chi connectivity index (χ0) is 15.4. The van der Waals surface area contributed by atoms with Crippen molar-refractivity contribution in [3.63, 3.8) is 0 Å². The third kappa shape index (κ3) is 3.28. The van der Waals surface area contributed by atoms with Crippen molar-refractivity contribution in [1.82, 2.24) is 15.1 Å². The van der Waals surface area contributed by atoms with Crippen LogP contribution in [0.5, 0.6) is 5.88 Å². The lowest BCUT2D eigenvalue weighted by molar-refractivity contribution is 0.175. The fraction of sp³-hybridized carbons (Fsp3) is 0.444. The Labute approximate surface area is 132 Å². The topological polar surface area (TPSA) is 38.2 Å². The minimum Gasteiger partial charge on any atom is -0.480 e. The molecule has 1 fully saturated rings. The predicted molar refractivity (Wildman–Crippen MR) is 87.9 cm³/mol. The van der Waals surface area contributed by atoms with E-state index in [0.29, 0.717) is 11.9 Å². The molecule has 1 aromatic heterocycles. The minimum absolute atomic E-state index is 0.483. The van der Waals surface area contributed by atoms with Gasteiger partial charge >= 0.3 is 0 Å². The molecule has 1 saturated heterocycles. The molecule has 0 spiro atoms. The summed E-state index contributed by atoms with van der Waals surface area (Å²) >= 11 is 0. The molecule has 1 aliphatic rings. The van der Waals surface area contributed by atoms with Gasteiger partial charge in [-0.25, -0.2) is 0 Å². The zero-order valence-electron chi connectivity index (χ0n) is 13.3. The first-order valence-corrected chi connectivity index (χ1v) is 8.00. The Balaban J connectivity index is 1.73. The van der Waals surface area contributed by atoms with Crippen LogP contribution in [0.1, 0.15) is 37.8 Å². The van der Waals surface area contributed by atoms with Crippen molar-refractivity contribution < 1.29 is 4.74 Å². The maximum atomic E-state index is 5.04. The van der Waals surface area contributed by atoms with Crippen LogP contribution in [0.25, 0.3) is 11.3 Å². The summed E-state index contributed by atoms with van der Waals surface area (Å²) in [7, 11) is 1.60. The second-order valence-corrected chi connectivity index (χ2v) is 5.86. The molecule has 2 aromatic rings. The maximum Gasteiger partial charge on any atom is 0.233 e. The van der Waals surface area contributed by atoms with Crippen molar-refractivity contribution in [2.24, 2.45) is 0 Å². The first-order valence-electron chi connectivity index (χ1n) is 8.00. The molecule has 2 heterocycles. The van der Waals surface area contributed by atoms with Crippen LogP contribution in [0.15, 0.2) is 36.4 Å². The average molecular weight is 297 g/mol. The van der Waals surface area contributed by atoms with Gasteiger partial charge in [0.05, 0.1) is 12.8 Å². The van der Waals surface area contributed by atoms with E-state index in [0.717, 1.165) is 11.3 Å². The number of rotatable bonds is 4. The molecular weight excluding hydrogens is 274 g/mol. The molecule has 1 aliphatic heterocycles. The number of methoxy groups -OCH3 is 1. The lowest BCUT2D eigenvalue weighted by atomic mass is 10.0. The monoisotopic (exact) mass is 297 g/mol. The summed E-state index contributed by atoms with van der Waals surface area (Å²) in [4.78, 5) is 2.58. The molecule has 4 nitrogen and oxygen atoms in total. The molecule has 0 saturated carbocycles. The molecule has 1 aromatic carbocycles. The molecular formula is C18H23N3O. The molecule has 0 bridgehead atoms. The van der Waals surface area contributed by atoms with E-state index in [9.17, 15) is 0 Å². The zero-order valence-corrected chi connectivity index (χ0v) is 13.3. The summed E-state index contributed by atoms with van der Waals surface area (Å²) in [5, 5.41) is 8.22. The molecule has 0 amide bonds. The normalized spacial score (nSPS) is 17.2. The quantitative estimate of drug-likeness (QED) is 0.862. The number of benzene rings is 1. The van der Waals surface area contributed by atoms with Gasteiger partial charge in [-0.1, -0.05) is 30.7 Å². The van der Waals surface area contributed by atoms with Crippen LogP contribution < -0.4 is 4.74 Å². The second kappa shape index (κ2) is 6.88. The highest BCUT2D eigenvalue weighted by atomic mass is 16.5. The van der Waals surface area contributed by atoms with Gasteiger partial charge in [0, 0.05) is 17.7 Å². The van der Waals surface area contributed by atoms with E-state index in [1.54, 1.807) is 7.11 Å². The number of ether oxygens (including phenoxy) is 1. The molecule has 116 valence electrons. The van der Waals surface area contributed by atoms with Gasteiger partial charge in [-0.2, -0.15) is 0 Å². The molecule has 0 unspecified atom stereocenters. The fourth-order valence-corrected chi connectivity index (χ4v) is 3.03. The van der Waals surface area contributed by atoms with Gasteiger partial charge in [0.15, 0.2) is 0 Å². The Morgan fingerprint density at radius 1 is 0.955 bits per heavy atom. The van der Waals surface area contributed by atoms with Crippen LogP contribution in [0.3, 0.4) is 0 Å². The molecule has 3 rings (SSSR count). The van der Waals surface area contributed by atoms with Crippen molar-refractivity contribution >= 4 is 0 Å². The van der Waals surface area contributed by atoms with E-state index in [-0.39, 0.29) is 0 Å². The molecule has 1 atom stereocenters. The van der Waals surface area contributed by atoms with Crippen LogP contribution >= 0.6 is 0 Å². The molecule has 4 heteroatoms. The van der Waals surface area contributed by atoms with Crippen LogP contribution in [0.2, 0.25) is 0 Å². The number of nitrogens with zero attached hydrogens (tertiary/aromatic N) is 3. The van der Waals surface area contributed by atoms with Crippen LogP contribution in [0, 0.1) is 0 Å². The second-order valence-electron chi connectivity index (χ2n) is 5.86. The lowest BCUT2D eigenvalue weighted by Gasteiger charge is -2.32. The van der Waals surface area contributed by atoms with E-state index in [1.165, 1.54) is 37.9 Å². The third-order valence-corrected chi connectivity index (χ3v) is 4.48. The van der Waals surface area contributed by atoms with Gasteiger partial charge in [0.25, 0.3) is 0 Å². The van der Waals surface area contributed by atoms with E-state index < -0.39 is 0 Å². The third-order valence-electron chi connectivity index (χ3n) is 4.48. The number of piperidine rings is 1.